The van der Waals surface area contributed by atoms with E-state index >= 15 is 0 Å². The van der Waals surface area contributed by atoms with Crippen LogP contribution in [0, 0.1) is 11.8 Å². The van der Waals surface area contributed by atoms with Gasteiger partial charge in [0.1, 0.15) is 17.2 Å². The molecule has 0 saturated carbocycles. The van der Waals surface area contributed by atoms with Crippen LogP contribution in [0.4, 0.5) is 0 Å². The molecule has 0 aliphatic carbocycles. The van der Waals surface area contributed by atoms with E-state index in [1.54, 1.807) is 16.3 Å². The molecule has 2 amide bonds. The monoisotopic (exact) mass is 467 g/mol. The Morgan fingerprint density at radius 1 is 1.06 bits per heavy atom. The molecule has 5 rings (SSSR count). The second kappa shape index (κ2) is 9.39. The number of rotatable bonds is 5. The number of imidazole rings is 1. The van der Waals surface area contributed by atoms with E-state index in [1.807, 2.05) is 60.8 Å². The normalized spacial score (nSPS) is 13.9. The lowest BCUT2D eigenvalue weighted by Crippen LogP contribution is -2.37. The van der Waals surface area contributed by atoms with Gasteiger partial charge in [0, 0.05) is 30.4 Å². The van der Waals surface area contributed by atoms with Crippen molar-refractivity contribution in [2.24, 2.45) is 5.73 Å². The number of hydrogen-bond donors (Lipinski definition) is 2. The summed E-state index contributed by atoms with van der Waals surface area (Å²) in [5, 5.41) is 3.15. The maximum atomic E-state index is 12.4. The average molecular weight is 468 g/mol. The number of carbonyl (C=O) groups is 2. The highest BCUT2D eigenvalue weighted by Gasteiger charge is 2.28. The molecule has 4 aromatic rings. The molecular formula is C27H25N5O3. The van der Waals surface area contributed by atoms with Gasteiger partial charge in [-0.15, -0.1) is 0 Å². The Labute approximate surface area is 202 Å². The zero-order chi connectivity index (χ0) is 24.4. The fourth-order valence-electron chi connectivity index (χ4n) is 4.55. The highest BCUT2D eigenvalue weighted by molar-refractivity contribution is 5.98. The predicted molar refractivity (Wildman–Crippen MR) is 132 cm³/mol. The van der Waals surface area contributed by atoms with Crippen LogP contribution in [0.25, 0.3) is 16.9 Å². The molecule has 0 atom stereocenters. The predicted octanol–water partition coefficient (Wildman–Crippen LogP) is 3.95. The van der Waals surface area contributed by atoms with Crippen molar-refractivity contribution in [3.8, 4) is 34.6 Å². The largest absolute Gasteiger partial charge is 0.457 e. The molecule has 3 heterocycles. The van der Waals surface area contributed by atoms with Crippen molar-refractivity contribution in [2.45, 2.75) is 25.7 Å². The average Bonchev–Trinajstić information content (AvgIpc) is 3.45. The molecule has 8 nitrogen and oxygen atoms in total. The fraction of sp³-hybridized carbons (Fsp3) is 0.222. The molecule has 2 aromatic heterocycles. The summed E-state index contributed by atoms with van der Waals surface area (Å²) in [4.78, 5) is 31.1. The summed E-state index contributed by atoms with van der Waals surface area (Å²) in [6.07, 6.45) is 3.47. The van der Waals surface area contributed by atoms with Crippen LogP contribution in [0.3, 0.4) is 0 Å². The van der Waals surface area contributed by atoms with Crippen LogP contribution in [0.2, 0.25) is 0 Å². The number of fused-ring (bicyclic) bond motifs is 1. The molecule has 0 radical (unpaired) electrons. The third kappa shape index (κ3) is 4.36. The van der Waals surface area contributed by atoms with Crippen molar-refractivity contribution in [1.82, 2.24) is 19.5 Å². The van der Waals surface area contributed by atoms with Gasteiger partial charge in [0.05, 0.1) is 0 Å². The van der Waals surface area contributed by atoms with Gasteiger partial charge < -0.3 is 15.4 Å². The van der Waals surface area contributed by atoms with Crippen LogP contribution in [-0.2, 0) is 4.79 Å². The van der Waals surface area contributed by atoms with Crippen molar-refractivity contribution in [1.29, 1.82) is 0 Å². The first-order valence-corrected chi connectivity index (χ1v) is 11.5. The van der Waals surface area contributed by atoms with Gasteiger partial charge in [0.25, 0.3) is 11.8 Å². The van der Waals surface area contributed by atoms with Crippen LogP contribution in [0.5, 0.6) is 11.5 Å². The molecule has 3 N–H and O–H groups in total. The number of nitrogens with zero attached hydrogens (tertiary/aromatic N) is 3. The minimum absolute atomic E-state index is 0.135. The number of aromatic nitrogens is 3. The number of hydrogen-bond acceptors (Lipinski definition) is 4. The first kappa shape index (κ1) is 22.3. The summed E-state index contributed by atoms with van der Waals surface area (Å²) in [6.45, 7) is 2.93. The number of carbonyl (C=O) groups excluding carboxylic acids is 2. The summed E-state index contributed by atoms with van der Waals surface area (Å²) in [6, 6.07) is 16.9. The van der Waals surface area contributed by atoms with E-state index < -0.39 is 5.91 Å². The Hall–Kier alpha value is -4.51. The number of para-hydroxylation sites is 1. The van der Waals surface area contributed by atoms with E-state index in [1.165, 1.54) is 0 Å². The van der Waals surface area contributed by atoms with E-state index in [4.69, 9.17) is 15.5 Å². The van der Waals surface area contributed by atoms with Gasteiger partial charge in [-0.1, -0.05) is 24.1 Å². The maximum Gasteiger partial charge on any atom is 0.298 e. The number of aromatic amines is 1. The molecule has 1 aliphatic rings. The number of primary amides is 1. The molecule has 2 aromatic carbocycles. The van der Waals surface area contributed by atoms with Crippen LogP contribution >= 0.6 is 0 Å². The molecule has 0 spiro atoms. The lowest BCUT2D eigenvalue weighted by Gasteiger charge is -2.30. The molecule has 8 heteroatoms. The van der Waals surface area contributed by atoms with E-state index in [9.17, 15) is 9.59 Å². The highest BCUT2D eigenvalue weighted by Crippen LogP contribution is 2.34. The van der Waals surface area contributed by atoms with Gasteiger partial charge >= 0.3 is 0 Å². The quantitative estimate of drug-likeness (QED) is 0.434. The standard InChI is InChI=1S/C27H25N5O3/c1-2-6-23(33)31-15-13-18(14-16-31)22-17-29-32-25(26(28)34)24(30-27(22)32)19-9-11-21(12-10-19)35-20-7-4-3-5-8-20/h3-5,7-12,17-18,29H,13-16H2,1H3,(H2,28,34). The number of ether oxygens (including phenoxy) is 1. The Morgan fingerprint density at radius 2 is 1.74 bits per heavy atom. The summed E-state index contributed by atoms with van der Waals surface area (Å²) in [5.41, 5.74) is 9.03. The van der Waals surface area contributed by atoms with E-state index in [2.05, 4.69) is 16.9 Å². The van der Waals surface area contributed by atoms with E-state index in [0.717, 1.165) is 29.7 Å². The minimum atomic E-state index is -0.566. The Kier molecular flexibility index (Phi) is 5.98. The minimum Gasteiger partial charge on any atom is -0.457 e. The molecule has 0 unspecified atom stereocenters. The van der Waals surface area contributed by atoms with Gasteiger partial charge in [0.2, 0.25) is 0 Å². The van der Waals surface area contributed by atoms with E-state index in [0.29, 0.717) is 35.9 Å². The van der Waals surface area contributed by atoms with Gasteiger partial charge in [-0.2, -0.15) is 0 Å². The number of benzene rings is 2. The zero-order valence-corrected chi connectivity index (χ0v) is 19.3. The Bertz CT molecular complexity index is 1430. The molecular weight excluding hydrogens is 442 g/mol. The summed E-state index contributed by atoms with van der Waals surface area (Å²) >= 11 is 0. The summed E-state index contributed by atoms with van der Waals surface area (Å²) in [5.74, 6) is 6.21. The molecule has 176 valence electrons. The molecule has 0 bridgehead atoms. The number of likely N-dealkylation sites (tertiary alicyclic amines) is 1. The van der Waals surface area contributed by atoms with E-state index in [-0.39, 0.29) is 11.8 Å². The van der Waals surface area contributed by atoms with Gasteiger partial charge in [-0.3, -0.25) is 14.7 Å². The third-order valence-corrected chi connectivity index (χ3v) is 6.28. The van der Waals surface area contributed by atoms with Crippen LogP contribution in [0.15, 0.2) is 60.8 Å². The van der Waals surface area contributed by atoms with Gasteiger partial charge in [-0.05, 0) is 68.0 Å². The van der Waals surface area contributed by atoms with Crippen LogP contribution in [0.1, 0.15) is 41.7 Å². The van der Waals surface area contributed by atoms with Crippen molar-refractivity contribution in [3.63, 3.8) is 0 Å². The first-order chi connectivity index (χ1) is 17.0. The SMILES string of the molecule is CC#CC(=O)N1CCC(c2c[nH]n3c(C(N)=O)c(-c4ccc(Oc5ccccc5)cc4)nc23)CC1. The van der Waals surface area contributed by atoms with Crippen molar-refractivity contribution in [2.75, 3.05) is 13.1 Å². The van der Waals surface area contributed by atoms with Crippen molar-refractivity contribution < 1.29 is 14.3 Å². The molecule has 1 aliphatic heterocycles. The topological polar surface area (TPSA) is 106 Å². The van der Waals surface area contributed by atoms with Crippen molar-refractivity contribution >= 4 is 17.5 Å². The second-order valence-corrected chi connectivity index (χ2v) is 8.44. The lowest BCUT2D eigenvalue weighted by atomic mass is 9.91. The molecule has 1 fully saturated rings. The zero-order valence-electron chi connectivity index (χ0n) is 19.3. The number of amides is 2. The lowest BCUT2D eigenvalue weighted by molar-refractivity contribution is -0.126. The number of nitrogens with one attached hydrogen (secondary N) is 1. The van der Waals surface area contributed by atoms with Crippen LogP contribution in [-0.4, -0.2) is 44.4 Å². The highest BCUT2D eigenvalue weighted by atomic mass is 16.5. The second-order valence-electron chi connectivity index (χ2n) is 8.44. The third-order valence-electron chi connectivity index (χ3n) is 6.28. The number of H-pyrrole nitrogens is 1. The van der Waals surface area contributed by atoms with Crippen LogP contribution < -0.4 is 10.5 Å². The summed E-state index contributed by atoms with van der Waals surface area (Å²) < 4.78 is 7.52. The Balaban J connectivity index is 1.42. The van der Waals surface area contributed by atoms with Gasteiger partial charge in [0.15, 0.2) is 11.3 Å². The number of piperidine rings is 1. The van der Waals surface area contributed by atoms with Crippen molar-refractivity contribution in [3.05, 3.63) is 72.1 Å². The summed E-state index contributed by atoms with van der Waals surface area (Å²) in [7, 11) is 0. The molecule has 1 saturated heterocycles. The number of nitrogens with two attached hydrogens (primary N) is 1. The maximum absolute atomic E-state index is 12.4. The Morgan fingerprint density at radius 3 is 2.40 bits per heavy atom. The molecule has 35 heavy (non-hydrogen) atoms. The smallest absolute Gasteiger partial charge is 0.298 e. The first-order valence-electron chi connectivity index (χ1n) is 11.5. The fourth-order valence-corrected chi connectivity index (χ4v) is 4.55. The van der Waals surface area contributed by atoms with Gasteiger partial charge in [-0.25, -0.2) is 9.50 Å².